The Hall–Kier alpha value is -1.71. The quantitative estimate of drug-likeness (QED) is 0.934. The molecule has 0 bridgehead atoms. The van der Waals surface area contributed by atoms with Gasteiger partial charge in [0.1, 0.15) is 0 Å². The van der Waals surface area contributed by atoms with Crippen molar-refractivity contribution >= 4 is 0 Å². The summed E-state index contributed by atoms with van der Waals surface area (Å²) in [5.41, 5.74) is 3.64. The first-order valence-electron chi connectivity index (χ1n) is 7.64. The van der Waals surface area contributed by atoms with Gasteiger partial charge in [0.2, 0.25) is 0 Å². The maximum atomic E-state index is 5.46. The Bertz CT molecular complexity index is 564. The number of nitrogens with one attached hydrogen (secondary N) is 1. The van der Waals surface area contributed by atoms with Crippen LogP contribution in [-0.4, -0.2) is 24.2 Å². The molecule has 0 spiro atoms. The van der Waals surface area contributed by atoms with Crippen LogP contribution < -0.4 is 5.32 Å². The van der Waals surface area contributed by atoms with Crippen LogP contribution in [0.15, 0.2) is 48.7 Å². The molecule has 3 nitrogen and oxygen atoms in total. The largest absolute Gasteiger partial charge is 0.381 e. The minimum Gasteiger partial charge on any atom is -0.381 e. The fourth-order valence-corrected chi connectivity index (χ4v) is 2.85. The molecule has 3 heteroatoms. The van der Waals surface area contributed by atoms with Gasteiger partial charge in [0.15, 0.2) is 0 Å². The van der Waals surface area contributed by atoms with Crippen molar-refractivity contribution in [2.24, 2.45) is 0 Å². The number of benzene rings is 1. The van der Waals surface area contributed by atoms with Crippen molar-refractivity contribution in [3.8, 4) is 0 Å². The Morgan fingerprint density at radius 2 is 2.00 bits per heavy atom. The number of aromatic nitrogens is 1. The van der Waals surface area contributed by atoms with Crippen molar-refractivity contribution in [1.82, 2.24) is 10.3 Å². The first kappa shape index (κ1) is 14.2. The van der Waals surface area contributed by atoms with Crippen molar-refractivity contribution in [3.63, 3.8) is 0 Å². The lowest BCUT2D eigenvalue weighted by Crippen LogP contribution is -2.38. The van der Waals surface area contributed by atoms with Crippen LogP contribution in [0.3, 0.4) is 0 Å². The number of nitrogens with zero attached hydrogens (tertiary/aromatic N) is 1. The third-order valence-corrected chi connectivity index (χ3v) is 3.98. The lowest BCUT2D eigenvalue weighted by Gasteiger charge is -2.29. The fourth-order valence-electron chi connectivity index (χ4n) is 2.85. The van der Waals surface area contributed by atoms with E-state index in [2.05, 4.69) is 53.6 Å². The summed E-state index contributed by atoms with van der Waals surface area (Å²) in [4.78, 5) is 4.56. The van der Waals surface area contributed by atoms with Gasteiger partial charge >= 0.3 is 0 Å². The predicted octanol–water partition coefficient (Wildman–Crippen LogP) is 3.25. The topological polar surface area (TPSA) is 34.1 Å². The highest BCUT2D eigenvalue weighted by Gasteiger charge is 2.21. The zero-order chi connectivity index (χ0) is 14.5. The Morgan fingerprint density at radius 3 is 2.71 bits per heavy atom. The second kappa shape index (κ2) is 6.83. The zero-order valence-corrected chi connectivity index (χ0v) is 12.5. The summed E-state index contributed by atoms with van der Waals surface area (Å²) >= 11 is 0. The molecule has 1 aliphatic heterocycles. The molecule has 21 heavy (non-hydrogen) atoms. The molecule has 0 amide bonds. The third-order valence-electron chi connectivity index (χ3n) is 3.98. The molecule has 1 atom stereocenters. The van der Waals surface area contributed by atoms with E-state index in [9.17, 15) is 0 Å². The van der Waals surface area contributed by atoms with Gasteiger partial charge in [0, 0.05) is 25.5 Å². The van der Waals surface area contributed by atoms with E-state index in [0.717, 1.165) is 31.7 Å². The summed E-state index contributed by atoms with van der Waals surface area (Å²) in [6.07, 6.45) is 3.99. The molecule has 0 unspecified atom stereocenters. The van der Waals surface area contributed by atoms with Crippen LogP contribution in [0.1, 0.15) is 35.7 Å². The first-order chi connectivity index (χ1) is 10.3. The van der Waals surface area contributed by atoms with Crippen LogP contribution >= 0.6 is 0 Å². The minimum absolute atomic E-state index is 0.147. The minimum atomic E-state index is 0.147. The molecule has 1 aliphatic rings. The van der Waals surface area contributed by atoms with Crippen molar-refractivity contribution in [2.45, 2.75) is 31.8 Å². The van der Waals surface area contributed by atoms with E-state index in [1.54, 1.807) is 0 Å². The highest BCUT2D eigenvalue weighted by atomic mass is 16.5. The first-order valence-corrected chi connectivity index (χ1v) is 7.64. The van der Waals surface area contributed by atoms with Crippen LogP contribution in [0, 0.1) is 6.92 Å². The maximum Gasteiger partial charge on any atom is 0.0753 e. The van der Waals surface area contributed by atoms with E-state index in [1.165, 1.54) is 11.1 Å². The average molecular weight is 282 g/mol. The molecule has 1 aromatic carbocycles. The average Bonchev–Trinajstić information content (AvgIpc) is 2.54. The van der Waals surface area contributed by atoms with Crippen molar-refractivity contribution in [2.75, 3.05) is 13.2 Å². The molecule has 2 heterocycles. The lowest BCUT2D eigenvalue weighted by molar-refractivity contribution is 0.0759. The monoisotopic (exact) mass is 282 g/mol. The van der Waals surface area contributed by atoms with Crippen LogP contribution in [0.25, 0.3) is 0 Å². The second-order valence-electron chi connectivity index (χ2n) is 5.66. The van der Waals surface area contributed by atoms with Gasteiger partial charge in [-0.05, 0) is 37.5 Å². The summed E-state index contributed by atoms with van der Waals surface area (Å²) in [6.45, 7) is 3.83. The van der Waals surface area contributed by atoms with Crippen molar-refractivity contribution in [1.29, 1.82) is 0 Å². The number of pyridine rings is 1. The highest BCUT2D eigenvalue weighted by molar-refractivity contribution is 5.31. The lowest BCUT2D eigenvalue weighted by atomic mass is 9.98. The van der Waals surface area contributed by atoms with Crippen LogP contribution in [0.2, 0.25) is 0 Å². The van der Waals surface area contributed by atoms with E-state index in [1.807, 2.05) is 12.3 Å². The third kappa shape index (κ3) is 3.69. The molecule has 3 rings (SSSR count). The molecular formula is C18H22N2O. The Balaban J connectivity index is 1.87. The predicted molar refractivity (Wildman–Crippen MR) is 84.2 cm³/mol. The van der Waals surface area contributed by atoms with Crippen molar-refractivity contribution in [3.05, 3.63) is 65.5 Å². The number of aryl methyl sites for hydroxylation is 1. The highest BCUT2D eigenvalue weighted by Crippen LogP contribution is 2.23. The van der Waals surface area contributed by atoms with E-state index in [4.69, 9.17) is 4.74 Å². The summed E-state index contributed by atoms with van der Waals surface area (Å²) < 4.78 is 5.46. The summed E-state index contributed by atoms with van der Waals surface area (Å²) in [5, 5.41) is 3.77. The number of hydrogen-bond donors (Lipinski definition) is 1. The maximum absolute atomic E-state index is 5.46. The fraction of sp³-hybridized carbons (Fsp3) is 0.389. The van der Waals surface area contributed by atoms with Gasteiger partial charge in [-0.3, -0.25) is 4.98 Å². The smallest absolute Gasteiger partial charge is 0.0753 e. The SMILES string of the molecule is Cc1cccc([C@@H](NC2CCOCC2)c2ccccn2)c1. The Labute approximate surface area is 126 Å². The molecule has 1 N–H and O–H groups in total. The van der Waals surface area contributed by atoms with Crippen molar-refractivity contribution < 1.29 is 4.74 Å². The van der Waals surface area contributed by atoms with Gasteiger partial charge in [-0.15, -0.1) is 0 Å². The molecule has 1 saturated heterocycles. The van der Waals surface area contributed by atoms with Gasteiger partial charge < -0.3 is 10.1 Å². The summed E-state index contributed by atoms with van der Waals surface area (Å²) in [5.74, 6) is 0. The van der Waals surface area contributed by atoms with Crippen LogP contribution in [-0.2, 0) is 4.74 Å². The molecule has 0 aliphatic carbocycles. The van der Waals surface area contributed by atoms with Crippen LogP contribution in [0.4, 0.5) is 0 Å². The molecule has 110 valence electrons. The van der Waals surface area contributed by atoms with Gasteiger partial charge in [-0.25, -0.2) is 0 Å². The zero-order valence-electron chi connectivity index (χ0n) is 12.5. The van der Waals surface area contributed by atoms with Gasteiger partial charge in [0.05, 0.1) is 11.7 Å². The van der Waals surface area contributed by atoms with E-state index in [0.29, 0.717) is 6.04 Å². The molecular weight excluding hydrogens is 260 g/mol. The van der Waals surface area contributed by atoms with Gasteiger partial charge in [-0.1, -0.05) is 35.9 Å². The summed E-state index contributed by atoms with van der Waals surface area (Å²) in [7, 11) is 0. The Morgan fingerprint density at radius 1 is 1.14 bits per heavy atom. The second-order valence-corrected chi connectivity index (χ2v) is 5.66. The molecule has 1 aromatic heterocycles. The summed E-state index contributed by atoms with van der Waals surface area (Å²) in [6, 6.07) is 15.4. The number of ether oxygens (including phenoxy) is 1. The molecule has 0 saturated carbocycles. The van der Waals surface area contributed by atoms with Gasteiger partial charge in [0.25, 0.3) is 0 Å². The number of rotatable bonds is 4. The number of hydrogen-bond acceptors (Lipinski definition) is 3. The Kier molecular flexibility index (Phi) is 4.63. The molecule has 1 fully saturated rings. The normalized spacial score (nSPS) is 17.6. The van der Waals surface area contributed by atoms with Gasteiger partial charge in [-0.2, -0.15) is 0 Å². The standard InChI is InChI=1S/C18H22N2O/c1-14-5-4-6-15(13-14)18(17-7-2-3-10-19-17)20-16-8-11-21-12-9-16/h2-7,10,13,16,18,20H,8-9,11-12H2,1H3/t18-/m1/s1. The van der Waals surface area contributed by atoms with E-state index < -0.39 is 0 Å². The van der Waals surface area contributed by atoms with E-state index in [-0.39, 0.29) is 6.04 Å². The van der Waals surface area contributed by atoms with Crippen LogP contribution in [0.5, 0.6) is 0 Å². The molecule has 2 aromatic rings. The van der Waals surface area contributed by atoms with E-state index >= 15 is 0 Å². The molecule has 0 radical (unpaired) electrons.